The van der Waals surface area contributed by atoms with Crippen molar-refractivity contribution in [1.29, 1.82) is 0 Å². The number of carbonyl (C=O) groups is 8. The van der Waals surface area contributed by atoms with Gasteiger partial charge in [0, 0.05) is 76.1 Å². The number of aliphatic hydroxyl groups is 4. The highest BCUT2D eigenvalue weighted by molar-refractivity contribution is 6.09. The molecule has 542 valence electrons. The number of β-amino-alcohol motifs (C(OH)–C–C–N with tert-alkyl or cyclic N) is 4. The van der Waals surface area contributed by atoms with E-state index in [4.69, 9.17) is 15.0 Å². The predicted molar refractivity (Wildman–Crippen MR) is 366 cm³/mol. The lowest BCUT2D eigenvalue weighted by Gasteiger charge is -2.56. The van der Waals surface area contributed by atoms with Crippen LogP contribution in [0.4, 0.5) is 31.1 Å². The second-order valence-corrected chi connectivity index (χ2v) is 34.9. The van der Waals surface area contributed by atoms with Gasteiger partial charge in [0.2, 0.25) is 11.9 Å². The lowest BCUT2D eigenvalue weighted by Crippen LogP contribution is -2.68. The Morgan fingerprint density at radius 3 is 0.765 bits per heavy atom. The van der Waals surface area contributed by atoms with Gasteiger partial charge in [0.15, 0.2) is 5.82 Å². The molecule has 8 aliphatic heterocycles. The van der Waals surface area contributed by atoms with Gasteiger partial charge in [-0.25, -0.2) is 19.2 Å². The normalized spacial score (nSPS) is 26.8. The van der Waals surface area contributed by atoms with Crippen molar-refractivity contribution in [2.45, 2.75) is 253 Å². The Morgan fingerprint density at radius 2 is 0.561 bits per heavy atom. The number of likely N-dealkylation sites (tertiary alicyclic amines) is 4. The highest BCUT2D eigenvalue weighted by atomic mass is 16.3. The number of benzene rings is 1. The zero-order chi connectivity index (χ0) is 72.8. The van der Waals surface area contributed by atoms with Crippen LogP contribution in [0.2, 0.25) is 0 Å². The summed E-state index contributed by atoms with van der Waals surface area (Å²) in [4.78, 5) is 146. The number of anilines is 2. The lowest BCUT2D eigenvalue weighted by molar-refractivity contribution is -0.140. The average molecular weight is 1370 g/mol. The number of amides is 12. The van der Waals surface area contributed by atoms with Crippen molar-refractivity contribution in [3.05, 3.63) is 30.3 Å². The molecule has 0 bridgehead atoms. The highest BCUT2D eigenvalue weighted by Gasteiger charge is 2.65. The summed E-state index contributed by atoms with van der Waals surface area (Å²) in [5.74, 6) is -2.60. The second-order valence-electron chi connectivity index (χ2n) is 34.9. The second kappa shape index (κ2) is 24.5. The maximum atomic E-state index is 14.8. The third kappa shape index (κ3) is 13.2. The van der Waals surface area contributed by atoms with Gasteiger partial charge in [-0.2, -0.15) is 15.0 Å². The van der Waals surface area contributed by atoms with E-state index in [1.807, 2.05) is 139 Å². The minimum absolute atomic E-state index is 0.00676. The van der Waals surface area contributed by atoms with Crippen LogP contribution in [-0.2, 0) is 19.2 Å². The van der Waals surface area contributed by atoms with E-state index in [2.05, 4.69) is 40.9 Å². The first kappa shape index (κ1) is 74.0. The quantitative estimate of drug-likeness (QED) is 0.0938. The van der Waals surface area contributed by atoms with Crippen molar-refractivity contribution < 1.29 is 58.8 Å². The minimum Gasteiger partial charge on any atom is -0.389 e. The molecule has 4 unspecified atom stereocenters. The number of nitrogens with one attached hydrogen (secondary N) is 4. The summed E-state index contributed by atoms with van der Waals surface area (Å²) in [6.45, 7) is 27.8. The zero-order valence-electron chi connectivity index (χ0n) is 61.4. The molecule has 12 amide bonds. The number of imide groups is 4. The number of piperidine rings is 4. The zero-order valence-corrected chi connectivity index (χ0v) is 61.4. The van der Waals surface area contributed by atoms with Crippen LogP contribution in [0.1, 0.15) is 162 Å². The highest BCUT2D eigenvalue weighted by Crippen LogP contribution is 2.49. The van der Waals surface area contributed by atoms with Gasteiger partial charge in [-0.3, -0.25) is 58.4 Å². The van der Waals surface area contributed by atoms with Gasteiger partial charge in [-0.05, 0) is 190 Å². The molecule has 0 saturated carbocycles. The summed E-state index contributed by atoms with van der Waals surface area (Å²) < 4.78 is 0. The van der Waals surface area contributed by atoms with Gasteiger partial charge in [-0.15, -0.1) is 0 Å². The maximum Gasteiger partial charge on any atom is 0.325 e. The summed E-state index contributed by atoms with van der Waals surface area (Å²) in [5, 5.41) is 61.7. The van der Waals surface area contributed by atoms with E-state index in [9.17, 15) is 58.8 Å². The summed E-state index contributed by atoms with van der Waals surface area (Å²) >= 11 is 0. The van der Waals surface area contributed by atoms with Crippen LogP contribution in [0, 0.1) is 0 Å². The molecule has 8 fully saturated rings. The van der Waals surface area contributed by atoms with Crippen molar-refractivity contribution in [3.63, 3.8) is 0 Å². The van der Waals surface area contributed by atoms with E-state index in [0.29, 0.717) is 5.56 Å². The van der Waals surface area contributed by atoms with Crippen LogP contribution in [0.5, 0.6) is 0 Å². The average Bonchev–Trinajstić information content (AvgIpc) is 1.52. The molecule has 4 spiro atoms. The monoisotopic (exact) mass is 1370 g/mol. The van der Waals surface area contributed by atoms with Crippen LogP contribution in [0.3, 0.4) is 0 Å². The molecule has 8 saturated heterocycles. The smallest absolute Gasteiger partial charge is 0.325 e. The molecule has 1 aromatic heterocycles. The fourth-order valence-electron chi connectivity index (χ4n) is 18.6. The molecule has 4 atom stereocenters. The minimum atomic E-state index is -1.59. The largest absolute Gasteiger partial charge is 0.389 e. The standard InChI is InChI=1S/C69H109N17O12/c1-58(2)34-66(35-59(3,4)77(58)17)48(91)83(54(95)73-66)30-43(87)26-81(27-44(88)31-84-49(92)67(74-55(84)96)36-60(5,6)78(18)61(7,8)37-67)52-70-47(42-24-22-21-23-25-42)71-53(72-52)82(28-45(89)32-85-50(93)68(75-56(85)97)38-62(9,10)79(19)63(11,12)39-68)29-46(90)33-86-51(94)69(76-57(86)98)40-64(13,14)80(20)65(15,16)41-69/h21-25,43-46,87-90H,26-41H2,1-20H3,(H,73,95)(H,74,96)(H,75,97)(H,76,98). The molecule has 0 aliphatic carbocycles. The number of aromatic nitrogens is 3. The number of urea groups is 4. The molecule has 0 radical (unpaired) electrons. The molecule has 10 rings (SSSR count). The van der Waals surface area contributed by atoms with Crippen molar-refractivity contribution in [1.82, 2.24) is 75.4 Å². The van der Waals surface area contributed by atoms with E-state index in [0.717, 1.165) is 19.6 Å². The fourth-order valence-corrected chi connectivity index (χ4v) is 18.6. The number of aliphatic hydroxyl groups excluding tert-OH is 4. The Morgan fingerprint density at radius 1 is 0.357 bits per heavy atom. The maximum absolute atomic E-state index is 14.8. The van der Waals surface area contributed by atoms with Crippen molar-refractivity contribution in [2.24, 2.45) is 0 Å². The van der Waals surface area contributed by atoms with E-state index < -0.39 is 191 Å². The molecule has 29 heteroatoms. The third-order valence-corrected chi connectivity index (χ3v) is 23.6. The molecule has 1 aromatic carbocycles. The molecule has 2 aromatic rings. The molecular formula is C69H109N17O12. The first-order valence-electron chi connectivity index (χ1n) is 34.4. The number of rotatable bonds is 19. The summed E-state index contributed by atoms with van der Waals surface area (Å²) in [6.07, 6.45) is -4.19. The van der Waals surface area contributed by atoms with E-state index >= 15 is 0 Å². The van der Waals surface area contributed by atoms with Crippen molar-refractivity contribution in [2.75, 3.05) is 90.3 Å². The first-order chi connectivity index (χ1) is 44.9. The van der Waals surface area contributed by atoms with Gasteiger partial charge < -0.3 is 51.5 Å². The van der Waals surface area contributed by atoms with Crippen LogP contribution >= 0.6 is 0 Å². The first-order valence-corrected chi connectivity index (χ1v) is 34.4. The molecule has 9 heterocycles. The molecule has 8 aliphatic rings. The van der Waals surface area contributed by atoms with Crippen LogP contribution in [0.15, 0.2) is 30.3 Å². The molecule has 8 N–H and O–H groups in total. The van der Waals surface area contributed by atoms with E-state index in [-0.39, 0.29) is 69.1 Å². The summed E-state index contributed by atoms with van der Waals surface area (Å²) in [6, 6.07) is 5.81. The molecular weight excluding hydrogens is 1260 g/mol. The Balaban J connectivity index is 1.02. The third-order valence-electron chi connectivity index (χ3n) is 23.6. The van der Waals surface area contributed by atoms with Gasteiger partial charge in [0.05, 0.1) is 50.6 Å². The lowest BCUT2D eigenvalue weighted by atomic mass is 9.69. The Bertz CT molecular complexity index is 3070. The Labute approximate surface area is 576 Å². The summed E-state index contributed by atoms with van der Waals surface area (Å²) in [5.41, 5.74) is -9.13. The predicted octanol–water partition coefficient (Wildman–Crippen LogP) is 2.89. The fraction of sp³-hybridized carbons (Fsp3) is 0.754. The van der Waals surface area contributed by atoms with Crippen molar-refractivity contribution >= 4 is 59.6 Å². The van der Waals surface area contributed by atoms with Crippen LogP contribution in [0.25, 0.3) is 11.4 Å². The van der Waals surface area contributed by atoms with E-state index in [1.54, 1.807) is 30.3 Å². The van der Waals surface area contributed by atoms with Gasteiger partial charge >= 0.3 is 24.1 Å². The van der Waals surface area contributed by atoms with E-state index in [1.165, 1.54) is 9.80 Å². The summed E-state index contributed by atoms with van der Waals surface area (Å²) in [7, 11) is 7.90. The van der Waals surface area contributed by atoms with Crippen LogP contribution in [-0.4, -0.2) is 294 Å². The van der Waals surface area contributed by atoms with Crippen LogP contribution < -0.4 is 31.1 Å². The molecule has 98 heavy (non-hydrogen) atoms. The number of carbonyl (C=O) groups excluding carboxylic acids is 8. The topological polar surface area (TPSA) is 337 Å². The van der Waals surface area contributed by atoms with Gasteiger partial charge in [0.25, 0.3) is 23.6 Å². The number of nitrogens with zero attached hydrogens (tertiary/aromatic N) is 13. The Hall–Kier alpha value is -6.73. The SMILES string of the molecule is CN1C(C)(C)CC2(CC1(C)C)NC(=O)N(CC(O)CN(CC(O)CN1C(=O)NC3(CC(C)(C)N(C)C(C)(C)C3)C1=O)c1nc(-c3ccccc3)nc(N(CC(O)CN3C(=O)NC4(CC(C)(C)N(C)C(C)(C)C4)C3=O)CC(O)CN3C(=O)NC4(CC(C)(C)N(C)C(C)(C)C4)C3=O)n1)C2=O. The van der Waals surface area contributed by atoms with Crippen molar-refractivity contribution in [3.8, 4) is 11.4 Å². The molecule has 29 nitrogen and oxygen atoms in total. The van der Waals surface area contributed by atoms with Gasteiger partial charge in [-0.1, -0.05) is 30.3 Å². The number of hydrogen-bond donors (Lipinski definition) is 8. The number of hydrogen-bond acceptors (Lipinski definition) is 21. The Kier molecular flexibility index (Phi) is 18.5. The van der Waals surface area contributed by atoms with Gasteiger partial charge in [0.1, 0.15) is 22.2 Å².